The summed E-state index contributed by atoms with van der Waals surface area (Å²) in [6.45, 7) is 1.48. The van der Waals surface area contributed by atoms with Crippen molar-refractivity contribution in [3.8, 4) is 0 Å². The Morgan fingerprint density at radius 3 is 2.52 bits per heavy atom. The van der Waals surface area contributed by atoms with Gasteiger partial charge in [0.1, 0.15) is 9.77 Å². The first-order valence-electron chi connectivity index (χ1n) is 8.09. The highest BCUT2D eigenvalue weighted by Crippen LogP contribution is 2.27. The minimum absolute atomic E-state index is 0.114. The lowest BCUT2D eigenvalue weighted by molar-refractivity contribution is 0.0955. The minimum Gasteiger partial charge on any atom is -0.351 e. The van der Waals surface area contributed by atoms with E-state index in [-0.39, 0.29) is 15.7 Å². The highest BCUT2D eigenvalue weighted by molar-refractivity contribution is 7.89. The predicted molar refractivity (Wildman–Crippen MR) is 99.8 cm³/mol. The molecule has 0 aliphatic carbocycles. The average molecular weight is 399 g/mol. The van der Waals surface area contributed by atoms with Crippen molar-refractivity contribution in [3.05, 3.63) is 51.2 Å². The molecule has 1 aliphatic rings. The average Bonchev–Trinajstić information content (AvgIpc) is 3.28. The van der Waals surface area contributed by atoms with Gasteiger partial charge in [0.2, 0.25) is 10.0 Å². The van der Waals surface area contributed by atoms with E-state index < -0.39 is 10.0 Å². The van der Waals surface area contributed by atoms with E-state index in [1.165, 1.54) is 10.4 Å². The van der Waals surface area contributed by atoms with Crippen LogP contribution >= 0.6 is 22.9 Å². The van der Waals surface area contributed by atoms with Gasteiger partial charge in [-0.25, -0.2) is 8.42 Å². The zero-order chi connectivity index (χ0) is 17.9. The van der Waals surface area contributed by atoms with Crippen LogP contribution < -0.4 is 5.32 Å². The van der Waals surface area contributed by atoms with Gasteiger partial charge in [-0.1, -0.05) is 23.7 Å². The Labute approximate surface area is 156 Å². The summed E-state index contributed by atoms with van der Waals surface area (Å²) in [7, 11) is -3.58. The van der Waals surface area contributed by atoms with Crippen LogP contribution in [0.15, 0.2) is 40.6 Å². The van der Waals surface area contributed by atoms with E-state index in [0.717, 1.165) is 29.7 Å². The van der Waals surface area contributed by atoms with E-state index in [1.54, 1.807) is 17.5 Å². The summed E-state index contributed by atoms with van der Waals surface area (Å²) in [6, 6.07) is 8.94. The molecule has 1 aliphatic heterocycles. The summed E-state index contributed by atoms with van der Waals surface area (Å²) in [5.41, 5.74) is 1.06. The predicted octanol–water partition coefficient (Wildman–Crippen LogP) is 3.16. The monoisotopic (exact) mass is 398 g/mol. The van der Waals surface area contributed by atoms with Crippen LogP contribution in [-0.2, 0) is 16.4 Å². The molecule has 1 amide bonds. The molecule has 8 heteroatoms. The number of amides is 1. The lowest BCUT2D eigenvalue weighted by Crippen LogP contribution is -2.31. The van der Waals surface area contributed by atoms with Gasteiger partial charge in [-0.2, -0.15) is 4.31 Å². The third-order valence-electron chi connectivity index (χ3n) is 4.13. The lowest BCUT2D eigenvalue weighted by Gasteiger charge is -2.15. The van der Waals surface area contributed by atoms with Gasteiger partial charge in [0.25, 0.3) is 5.91 Å². The highest BCUT2D eigenvalue weighted by atomic mass is 35.5. The van der Waals surface area contributed by atoms with Crippen LogP contribution in [-0.4, -0.2) is 38.3 Å². The van der Waals surface area contributed by atoms with Crippen molar-refractivity contribution in [2.75, 3.05) is 19.6 Å². The van der Waals surface area contributed by atoms with Crippen LogP contribution in [0.4, 0.5) is 0 Å². The van der Waals surface area contributed by atoms with Gasteiger partial charge in [-0.15, -0.1) is 11.3 Å². The summed E-state index contributed by atoms with van der Waals surface area (Å²) in [5, 5.41) is 5.13. The van der Waals surface area contributed by atoms with E-state index in [4.69, 9.17) is 11.6 Å². The quantitative estimate of drug-likeness (QED) is 0.812. The normalized spacial score (nSPS) is 15.4. The number of hydrogen-bond acceptors (Lipinski definition) is 4. The SMILES string of the molecule is O=C(NCCc1ccc(Cl)cc1)c1sccc1S(=O)(=O)N1CCCC1. The Morgan fingerprint density at radius 2 is 1.84 bits per heavy atom. The van der Waals surface area contributed by atoms with E-state index in [0.29, 0.717) is 31.1 Å². The molecule has 5 nitrogen and oxygen atoms in total. The summed E-state index contributed by atoms with van der Waals surface area (Å²) in [4.78, 5) is 12.8. The molecule has 134 valence electrons. The van der Waals surface area contributed by atoms with Crippen molar-refractivity contribution in [2.24, 2.45) is 0 Å². The van der Waals surface area contributed by atoms with Crippen molar-refractivity contribution in [2.45, 2.75) is 24.2 Å². The molecule has 0 bridgehead atoms. The van der Waals surface area contributed by atoms with Gasteiger partial charge in [-0.3, -0.25) is 4.79 Å². The number of carbonyl (C=O) groups excluding carboxylic acids is 1. The van der Waals surface area contributed by atoms with E-state index >= 15 is 0 Å². The number of rotatable bonds is 6. The largest absolute Gasteiger partial charge is 0.351 e. The Balaban J connectivity index is 1.65. The molecule has 0 atom stereocenters. The second-order valence-electron chi connectivity index (χ2n) is 5.86. The molecule has 1 aromatic carbocycles. The Morgan fingerprint density at radius 1 is 1.16 bits per heavy atom. The third kappa shape index (κ3) is 4.23. The maximum absolute atomic E-state index is 12.7. The maximum atomic E-state index is 12.7. The van der Waals surface area contributed by atoms with Gasteiger partial charge >= 0.3 is 0 Å². The standard InChI is InChI=1S/C17H19ClN2O3S2/c18-14-5-3-13(4-6-14)7-9-19-17(21)16-15(8-12-24-16)25(22,23)20-10-1-2-11-20/h3-6,8,12H,1-2,7,9-11H2,(H,19,21). The van der Waals surface area contributed by atoms with Gasteiger partial charge in [-0.05, 0) is 48.4 Å². The molecule has 2 aromatic rings. The smallest absolute Gasteiger partial charge is 0.262 e. The van der Waals surface area contributed by atoms with Crippen molar-refractivity contribution in [1.29, 1.82) is 0 Å². The van der Waals surface area contributed by atoms with Crippen LogP contribution in [0.5, 0.6) is 0 Å². The summed E-state index contributed by atoms with van der Waals surface area (Å²) in [6.07, 6.45) is 2.39. The van der Waals surface area contributed by atoms with Gasteiger partial charge in [0.05, 0.1) is 0 Å². The number of carbonyl (C=O) groups is 1. The van der Waals surface area contributed by atoms with Crippen molar-refractivity contribution in [1.82, 2.24) is 9.62 Å². The van der Waals surface area contributed by atoms with Gasteiger partial charge in [0, 0.05) is 24.7 Å². The van der Waals surface area contributed by atoms with Crippen LogP contribution in [0.25, 0.3) is 0 Å². The van der Waals surface area contributed by atoms with Crippen molar-refractivity contribution < 1.29 is 13.2 Å². The Kier molecular flexibility index (Phi) is 5.78. The molecule has 3 rings (SSSR count). The highest BCUT2D eigenvalue weighted by Gasteiger charge is 2.31. The molecule has 25 heavy (non-hydrogen) atoms. The fourth-order valence-electron chi connectivity index (χ4n) is 2.79. The molecule has 1 N–H and O–H groups in total. The van der Waals surface area contributed by atoms with E-state index in [2.05, 4.69) is 5.32 Å². The van der Waals surface area contributed by atoms with Crippen LogP contribution in [0.2, 0.25) is 5.02 Å². The number of halogens is 1. The number of nitrogens with one attached hydrogen (secondary N) is 1. The Bertz CT molecular complexity index is 841. The number of benzene rings is 1. The molecular weight excluding hydrogens is 380 g/mol. The summed E-state index contributed by atoms with van der Waals surface area (Å²) in [5.74, 6) is -0.346. The Hall–Kier alpha value is -1.41. The fourth-order valence-corrected chi connectivity index (χ4v) is 5.75. The number of sulfonamides is 1. The number of nitrogens with zero attached hydrogens (tertiary/aromatic N) is 1. The zero-order valence-electron chi connectivity index (χ0n) is 13.6. The topological polar surface area (TPSA) is 66.5 Å². The second-order valence-corrected chi connectivity index (χ2v) is 9.12. The molecule has 0 radical (unpaired) electrons. The molecule has 2 heterocycles. The van der Waals surface area contributed by atoms with Crippen LogP contribution in [0, 0.1) is 0 Å². The van der Waals surface area contributed by atoms with Gasteiger partial charge in [0.15, 0.2) is 0 Å². The first-order valence-corrected chi connectivity index (χ1v) is 10.8. The summed E-state index contributed by atoms with van der Waals surface area (Å²) < 4.78 is 26.8. The molecule has 1 fully saturated rings. The van der Waals surface area contributed by atoms with Crippen LogP contribution in [0.1, 0.15) is 28.1 Å². The molecule has 0 spiro atoms. The second kappa shape index (κ2) is 7.86. The maximum Gasteiger partial charge on any atom is 0.262 e. The molecule has 1 saturated heterocycles. The summed E-state index contributed by atoms with van der Waals surface area (Å²) >= 11 is 7.00. The molecule has 0 saturated carbocycles. The number of thiophene rings is 1. The molecule has 1 aromatic heterocycles. The first-order chi connectivity index (χ1) is 12.0. The zero-order valence-corrected chi connectivity index (χ0v) is 16.0. The number of hydrogen-bond donors (Lipinski definition) is 1. The van der Waals surface area contributed by atoms with E-state index in [1.807, 2.05) is 12.1 Å². The first kappa shape index (κ1) is 18.4. The lowest BCUT2D eigenvalue weighted by atomic mass is 10.1. The molecular formula is C17H19ClN2O3S2. The molecule has 0 unspecified atom stereocenters. The fraction of sp³-hybridized carbons (Fsp3) is 0.353. The van der Waals surface area contributed by atoms with Crippen molar-refractivity contribution >= 4 is 38.9 Å². The van der Waals surface area contributed by atoms with E-state index in [9.17, 15) is 13.2 Å². The van der Waals surface area contributed by atoms with Crippen LogP contribution in [0.3, 0.4) is 0 Å². The minimum atomic E-state index is -3.58. The van der Waals surface area contributed by atoms with Crippen molar-refractivity contribution in [3.63, 3.8) is 0 Å². The third-order valence-corrected chi connectivity index (χ3v) is 7.37. The van der Waals surface area contributed by atoms with Gasteiger partial charge < -0.3 is 5.32 Å².